The summed E-state index contributed by atoms with van der Waals surface area (Å²) in [5, 5.41) is -0.544. The van der Waals surface area contributed by atoms with E-state index in [-0.39, 0.29) is 11.3 Å². The molecule has 176 valence electrons. The number of rotatable bonds is 7. The van der Waals surface area contributed by atoms with Crippen LogP contribution >= 0.6 is 11.6 Å². The van der Waals surface area contributed by atoms with Crippen LogP contribution in [0.1, 0.15) is 35.0 Å². The van der Waals surface area contributed by atoms with E-state index in [0.29, 0.717) is 29.3 Å². The van der Waals surface area contributed by atoms with Crippen molar-refractivity contribution in [1.29, 1.82) is 0 Å². The topological polar surface area (TPSA) is 107 Å². The monoisotopic (exact) mass is 505 g/mol. The fourth-order valence-corrected chi connectivity index (χ4v) is 4.79. The van der Waals surface area contributed by atoms with E-state index in [0.717, 1.165) is 5.69 Å². The molecule has 1 N–H and O–H groups in total. The summed E-state index contributed by atoms with van der Waals surface area (Å²) in [5.74, 6) is -3.65. The Kier molecular flexibility index (Phi) is 6.32. The molecule has 4 rings (SSSR count). The molecule has 2 aromatic carbocycles. The average Bonchev–Trinajstić information content (AvgIpc) is 3.22. The summed E-state index contributed by atoms with van der Waals surface area (Å²) < 4.78 is 56.9. The van der Waals surface area contributed by atoms with Crippen LogP contribution in [-0.2, 0) is 10.0 Å². The maximum Gasteiger partial charge on any atom is 0.232 e. The van der Waals surface area contributed by atoms with E-state index in [1.165, 1.54) is 24.4 Å². The van der Waals surface area contributed by atoms with Crippen LogP contribution in [0.4, 0.5) is 14.5 Å². The first kappa shape index (κ1) is 23.7. The minimum absolute atomic E-state index is 0.0328. The zero-order valence-electron chi connectivity index (χ0n) is 18.0. The first-order valence-electron chi connectivity index (χ1n) is 10.1. The lowest BCUT2D eigenvalue weighted by molar-refractivity contribution is 0.103. The number of ketones is 1. The molecule has 2 aromatic heterocycles. The molecule has 0 fully saturated rings. The molecule has 0 bridgehead atoms. The summed E-state index contributed by atoms with van der Waals surface area (Å²) in [7, 11) is -3.86. The van der Waals surface area contributed by atoms with Crippen molar-refractivity contribution in [3.05, 3.63) is 76.5 Å². The van der Waals surface area contributed by atoms with Gasteiger partial charge in [0.25, 0.3) is 0 Å². The number of nitrogens with one attached hydrogen (secondary N) is 1. The molecule has 0 aliphatic carbocycles. The largest absolute Gasteiger partial charge is 0.289 e. The highest BCUT2D eigenvalue weighted by Gasteiger charge is 2.26. The molecule has 0 radical (unpaired) electrons. The second-order valence-corrected chi connectivity index (χ2v) is 9.73. The number of anilines is 1. The number of carbonyl (C=O) groups excluding carboxylic acids is 1. The molecular weight excluding hydrogens is 488 g/mol. The molecule has 12 heteroatoms. The normalized spacial score (nSPS) is 11.7. The van der Waals surface area contributed by atoms with Crippen LogP contribution in [0.15, 0.2) is 43.0 Å². The third-order valence-electron chi connectivity index (χ3n) is 4.89. The number of fused-ring (bicyclic) bond motifs is 1. The lowest BCUT2D eigenvalue weighted by atomic mass is 10.0. The number of aryl methyl sites for hydroxylation is 1. The molecule has 0 unspecified atom stereocenters. The predicted molar refractivity (Wildman–Crippen MR) is 124 cm³/mol. The predicted octanol–water partition coefficient (Wildman–Crippen LogP) is 4.44. The summed E-state index contributed by atoms with van der Waals surface area (Å²) in [6.45, 7) is 3.46. The number of carbonyl (C=O) groups is 1. The Balaban J connectivity index is 1.78. The average molecular weight is 506 g/mol. The molecule has 2 heterocycles. The number of benzene rings is 2. The molecule has 0 aliphatic rings. The zero-order valence-corrected chi connectivity index (χ0v) is 19.6. The van der Waals surface area contributed by atoms with E-state index in [9.17, 15) is 22.0 Å². The highest BCUT2D eigenvalue weighted by Crippen LogP contribution is 2.33. The number of hydrogen-bond donors (Lipinski definition) is 1. The quantitative estimate of drug-likeness (QED) is 0.294. The Morgan fingerprint density at radius 1 is 1.18 bits per heavy atom. The van der Waals surface area contributed by atoms with Crippen molar-refractivity contribution in [3.8, 4) is 5.82 Å². The van der Waals surface area contributed by atoms with Gasteiger partial charge in [0, 0.05) is 17.8 Å². The maximum atomic E-state index is 14.7. The molecule has 0 saturated carbocycles. The molecule has 8 nitrogen and oxygen atoms in total. The van der Waals surface area contributed by atoms with Crippen LogP contribution in [-0.4, -0.2) is 39.5 Å². The van der Waals surface area contributed by atoms with Crippen molar-refractivity contribution >= 4 is 44.1 Å². The van der Waals surface area contributed by atoms with Gasteiger partial charge < -0.3 is 0 Å². The van der Waals surface area contributed by atoms with Crippen LogP contribution in [0.3, 0.4) is 0 Å². The Morgan fingerprint density at radius 3 is 2.62 bits per heavy atom. The first-order valence-corrected chi connectivity index (χ1v) is 12.1. The lowest BCUT2D eigenvalue weighted by Crippen LogP contribution is -2.18. The van der Waals surface area contributed by atoms with Crippen LogP contribution in [0, 0.1) is 18.6 Å². The molecule has 4 aromatic rings. The van der Waals surface area contributed by atoms with Crippen LogP contribution in [0.5, 0.6) is 0 Å². The minimum atomic E-state index is -3.86. The first-order chi connectivity index (χ1) is 16.1. The molecular formula is C22H18ClF2N5O3S. The zero-order chi connectivity index (χ0) is 24.6. The molecule has 0 aliphatic heterocycles. The van der Waals surface area contributed by atoms with Gasteiger partial charge in [-0.25, -0.2) is 27.2 Å². The van der Waals surface area contributed by atoms with Gasteiger partial charge in [0.2, 0.25) is 10.0 Å². The second kappa shape index (κ2) is 9.07. The van der Waals surface area contributed by atoms with E-state index in [1.54, 1.807) is 24.0 Å². The Hall–Kier alpha value is -3.44. The smallest absolute Gasteiger partial charge is 0.232 e. The second-order valence-electron chi connectivity index (χ2n) is 7.51. The number of nitrogens with zero attached hydrogens (tertiary/aromatic N) is 4. The molecule has 0 atom stereocenters. The van der Waals surface area contributed by atoms with Crippen LogP contribution in [0.2, 0.25) is 5.02 Å². The summed E-state index contributed by atoms with van der Waals surface area (Å²) >= 11 is 6.17. The minimum Gasteiger partial charge on any atom is -0.289 e. The van der Waals surface area contributed by atoms with Crippen molar-refractivity contribution in [3.63, 3.8) is 0 Å². The van der Waals surface area contributed by atoms with Gasteiger partial charge in [-0.1, -0.05) is 18.5 Å². The van der Waals surface area contributed by atoms with Gasteiger partial charge in [0.1, 0.15) is 6.33 Å². The van der Waals surface area contributed by atoms with Gasteiger partial charge in [-0.05, 0) is 31.5 Å². The van der Waals surface area contributed by atoms with E-state index >= 15 is 0 Å². The lowest BCUT2D eigenvalue weighted by Gasteiger charge is -2.13. The van der Waals surface area contributed by atoms with Gasteiger partial charge in [0.05, 0.1) is 45.0 Å². The van der Waals surface area contributed by atoms with E-state index in [1.807, 2.05) is 6.92 Å². The summed E-state index contributed by atoms with van der Waals surface area (Å²) in [5.41, 5.74) is 0.324. The standard InChI is InChI=1S/C22H18ClF2N5O3S/c1-3-6-34(32,33)29-17-8-14(24)21(25)19(20(17)23)22(31)13-4-5-15-16(7-13)28-18(9-26-15)30-10-12(2)27-11-30/h4-5,7-11,29H,3,6H2,1-2H3. The van der Waals surface area contributed by atoms with Gasteiger partial charge in [-0.2, -0.15) is 0 Å². The molecule has 34 heavy (non-hydrogen) atoms. The third-order valence-corrected chi connectivity index (χ3v) is 6.76. The Labute approximate surface area is 198 Å². The van der Waals surface area contributed by atoms with E-state index in [4.69, 9.17) is 11.6 Å². The molecule has 0 saturated heterocycles. The van der Waals surface area contributed by atoms with Crippen molar-refractivity contribution in [2.45, 2.75) is 20.3 Å². The number of halogens is 3. The van der Waals surface area contributed by atoms with Crippen molar-refractivity contribution in [2.24, 2.45) is 0 Å². The number of sulfonamides is 1. The van der Waals surface area contributed by atoms with Gasteiger partial charge in [-0.3, -0.25) is 19.1 Å². The fourth-order valence-electron chi connectivity index (χ4n) is 3.32. The van der Waals surface area contributed by atoms with Crippen molar-refractivity contribution < 1.29 is 22.0 Å². The van der Waals surface area contributed by atoms with Crippen LogP contribution < -0.4 is 4.72 Å². The molecule has 0 spiro atoms. The number of imidazole rings is 1. The van der Waals surface area contributed by atoms with E-state index in [2.05, 4.69) is 19.7 Å². The summed E-state index contributed by atoms with van der Waals surface area (Å²) in [6.07, 6.45) is 5.13. The van der Waals surface area contributed by atoms with Crippen molar-refractivity contribution in [1.82, 2.24) is 19.5 Å². The van der Waals surface area contributed by atoms with E-state index < -0.39 is 43.7 Å². The summed E-state index contributed by atoms with van der Waals surface area (Å²) in [4.78, 5) is 26.0. The van der Waals surface area contributed by atoms with Gasteiger partial charge in [-0.15, -0.1) is 0 Å². The maximum absolute atomic E-state index is 14.7. The van der Waals surface area contributed by atoms with Gasteiger partial charge in [0.15, 0.2) is 23.2 Å². The highest BCUT2D eigenvalue weighted by molar-refractivity contribution is 7.92. The Morgan fingerprint density at radius 2 is 1.94 bits per heavy atom. The van der Waals surface area contributed by atoms with Crippen LogP contribution in [0.25, 0.3) is 16.9 Å². The summed E-state index contributed by atoms with van der Waals surface area (Å²) in [6, 6.07) is 4.86. The number of aromatic nitrogens is 4. The SMILES string of the molecule is CCCS(=O)(=O)Nc1cc(F)c(F)c(C(=O)c2ccc3ncc(-n4cnc(C)c4)nc3c2)c1Cl. The highest BCUT2D eigenvalue weighted by atomic mass is 35.5. The fraction of sp³-hybridized carbons (Fsp3) is 0.182. The Bertz CT molecular complexity index is 1540. The van der Waals surface area contributed by atoms with Crippen molar-refractivity contribution in [2.75, 3.05) is 10.5 Å². The third kappa shape index (κ3) is 4.62. The number of hydrogen-bond acceptors (Lipinski definition) is 6. The molecule has 0 amide bonds. The van der Waals surface area contributed by atoms with Gasteiger partial charge >= 0.3 is 0 Å².